The monoisotopic (exact) mass is 289 g/mol. The summed E-state index contributed by atoms with van der Waals surface area (Å²) in [6.07, 6.45) is 4.25. The minimum Gasteiger partial charge on any atom is -0.469 e. The Morgan fingerprint density at radius 1 is 1.20 bits per heavy atom. The van der Waals surface area contributed by atoms with E-state index >= 15 is 0 Å². The molecule has 0 unspecified atom stereocenters. The number of benzene rings is 1. The summed E-state index contributed by atoms with van der Waals surface area (Å²) in [6.45, 7) is 0. The number of halogens is 1. The van der Waals surface area contributed by atoms with Crippen LogP contribution in [0.2, 0.25) is 5.02 Å². The first-order valence-electron chi connectivity index (χ1n) is 6.34. The standard InChI is InChI=1S/C15H12ClNO3/c16-11-6-4-10(5-7-11)15(18)20-17-13-2-1-3-14-12(13)8-9-19-14/h4-9H,1-3H2/b17-13+. The Morgan fingerprint density at radius 2 is 2.00 bits per heavy atom. The van der Waals surface area contributed by atoms with Gasteiger partial charge in [0.1, 0.15) is 5.76 Å². The highest BCUT2D eigenvalue weighted by Gasteiger charge is 2.19. The van der Waals surface area contributed by atoms with Gasteiger partial charge in [-0.15, -0.1) is 0 Å². The van der Waals surface area contributed by atoms with Crippen LogP contribution in [0.1, 0.15) is 34.5 Å². The maximum absolute atomic E-state index is 11.9. The van der Waals surface area contributed by atoms with E-state index in [4.69, 9.17) is 20.9 Å². The summed E-state index contributed by atoms with van der Waals surface area (Å²) in [4.78, 5) is 16.9. The van der Waals surface area contributed by atoms with Gasteiger partial charge in [-0.3, -0.25) is 0 Å². The molecule has 1 aromatic heterocycles. The van der Waals surface area contributed by atoms with Gasteiger partial charge < -0.3 is 9.25 Å². The van der Waals surface area contributed by atoms with Crippen molar-refractivity contribution in [2.75, 3.05) is 0 Å². The molecule has 1 aliphatic rings. The van der Waals surface area contributed by atoms with Crippen LogP contribution in [0.3, 0.4) is 0 Å². The van der Waals surface area contributed by atoms with E-state index < -0.39 is 5.97 Å². The molecule has 0 saturated carbocycles. The number of fused-ring (bicyclic) bond motifs is 1. The van der Waals surface area contributed by atoms with Crippen molar-refractivity contribution in [3.8, 4) is 0 Å². The van der Waals surface area contributed by atoms with E-state index in [1.807, 2.05) is 6.07 Å². The second-order valence-corrected chi connectivity index (χ2v) is 4.97. The van der Waals surface area contributed by atoms with Gasteiger partial charge in [-0.2, -0.15) is 0 Å². The van der Waals surface area contributed by atoms with Crippen LogP contribution >= 0.6 is 11.6 Å². The molecule has 3 rings (SSSR count). The molecule has 0 amide bonds. The normalized spacial score (nSPS) is 15.9. The zero-order chi connectivity index (χ0) is 13.9. The Hall–Kier alpha value is -2.07. The molecule has 4 nitrogen and oxygen atoms in total. The molecule has 0 fully saturated rings. The van der Waals surface area contributed by atoms with Crippen LogP contribution in [0.4, 0.5) is 0 Å². The van der Waals surface area contributed by atoms with E-state index in [0.29, 0.717) is 10.6 Å². The number of rotatable bonds is 2. The van der Waals surface area contributed by atoms with Crippen LogP contribution in [-0.4, -0.2) is 11.7 Å². The molecule has 2 aromatic rings. The number of hydrogen-bond donors (Lipinski definition) is 0. The van der Waals surface area contributed by atoms with Crippen molar-refractivity contribution in [2.24, 2.45) is 5.16 Å². The van der Waals surface area contributed by atoms with E-state index in [0.717, 1.165) is 36.3 Å². The molecule has 20 heavy (non-hydrogen) atoms. The van der Waals surface area contributed by atoms with Gasteiger partial charge in [0.2, 0.25) is 0 Å². The molecule has 1 aromatic carbocycles. The summed E-state index contributed by atoms with van der Waals surface area (Å²) in [5.74, 6) is 0.405. The molecular formula is C15H12ClNO3. The van der Waals surface area contributed by atoms with Crippen LogP contribution < -0.4 is 0 Å². The highest BCUT2D eigenvalue weighted by Crippen LogP contribution is 2.23. The van der Waals surface area contributed by atoms with Crippen molar-refractivity contribution in [3.63, 3.8) is 0 Å². The van der Waals surface area contributed by atoms with Crippen molar-refractivity contribution < 1.29 is 14.0 Å². The lowest BCUT2D eigenvalue weighted by Gasteiger charge is -2.11. The average Bonchev–Trinajstić information content (AvgIpc) is 2.94. The number of furan rings is 1. The highest BCUT2D eigenvalue weighted by molar-refractivity contribution is 6.30. The third-order valence-electron chi connectivity index (χ3n) is 3.19. The topological polar surface area (TPSA) is 51.8 Å². The zero-order valence-corrected chi connectivity index (χ0v) is 11.4. The van der Waals surface area contributed by atoms with Crippen LogP contribution in [-0.2, 0) is 11.3 Å². The fourth-order valence-electron chi connectivity index (χ4n) is 2.17. The second-order valence-electron chi connectivity index (χ2n) is 4.53. The van der Waals surface area contributed by atoms with E-state index in [1.165, 1.54) is 0 Å². The molecule has 5 heteroatoms. The second kappa shape index (κ2) is 5.51. The molecule has 0 bridgehead atoms. The summed E-state index contributed by atoms with van der Waals surface area (Å²) < 4.78 is 5.35. The SMILES string of the molecule is O=C(O/N=C1\CCCc2occc21)c1ccc(Cl)cc1. The summed E-state index contributed by atoms with van der Waals surface area (Å²) in [6, 6.07) is 8.34. The molecule has 102 valence electrons. The lowest BCUT2D eigenvalue weighted by Crippen LogP contribution is -2.11. The van der Waals surface area contributed by atoms with Crippen molar-refractivity contribution in [2.45, 2.75) is 19.3 Å². The molecule has 0 spiro atoms. The van der Waals surface area contributed by atoms with Gasteiger partial charge in [-0.25, -0.2) is 4.79 Å². The van der Waals surface area contributed by atoms with E-state index in [2.05, 4.69) is 5.16 Å². The number of carbonyl (C=O) groups is 1. The van der Waals surface area contributed by atoms with Gasteiger partial charge in [0.05, 0.1) is 17.5 Å². The number of carbonyl (C=O) groups excluding carboxylic acids is 1. The fourth-order valence-corrected chi connectivity index (χ4v) is 2.30. The fraction of sp³-hybridized carbons (Fsp3) is 0.200. The van der Waals surface area contributed by atoms with Gasteiger partial charge in [0.25, 0.3) is 0 Å². The van der Waals surface area contributed by atoms with Gasteiger partial charge in [-0.1, -0.05) is 16.8 Å². The first kappa shape index (κ1) is 12.9. The third kappa shape index (κ3) is 2.60. The molecule has 0 atom stereocenters. The molecule has 1 heterocycles. The van der Waals surface area contributed by atoms with E-state index in [1.54, 1.807) is 30.5 Å². The van der Waals surface area contributed by atoms with Gasteiger partial charge in [0, 0.05) is 17.0 Å². The van der Waals surface area contributed by atoms with Crippen LogP contribution in [0.25, 0.3) is 0 Å². The maximum atomic E-state index is 11.9. The quantitative estimate of drug-likeness (QED) is 0.623. The Bertz CT molecular complexity index is 658. The number of hydrogen-bond acceptors (Lipinski definition) is 4. The molecule has 0 radical (unpaired) electrons. The highest BCUT2D eigenvalue weighted by atomic mass is 35.5. The molecule has 0 N–H and O–H groups in total. The predicted molar refractivity (Wildman–Crippen MR) is 75.1 cm³/mol. The van der Waals surface area contributed by atoms with Gasteiger partial charge in [-0.05, 0) is 43.2 Å². The smallest absolute Gasteiger partial charge is 0.365 e. The Morgan fingerprint density at radius 3 is 2.80 bits per heavy atom. The summed E-state index contributed by atoms with van der Waals surface area (Å²) >= 11 is 5.77. The molecule has 0 aliphatic heterocycles. The van der Waals surface area contributed by atoms with Crippen molar-refractivity contribution in [1.29, 1.82) is 0 Å². The van der Waals surface area contributed by atoms with Gasteiger partial charge >= 0.3 is 5.97 Å². The zero-order valence-electron chi connectivity index (χ0n) is 10.6. The Balaban J connectivity index is 1.75. The summed E-state index contributed by atoms with van der Waals surface area (Å²) in [5, 5.41) is 4.54. The lowest BCUT2D eigenvalue weighted by atomic mass is 9.97. The Labute approximate surface area is 121 Å². The maximum Gasteiger partial charge on any atom is 0.365 e. The first-order valence-corrected chi connectivity index (χ1v) is 6.72. The summed E-state index contributed by atoms with van der Waals surface area (Å²) in [5.41, 5.74) is 2.10. The summed E-state index contributed by atoms with van der Waals surface area (Å²) in [7, 11) is 0. The van der Waals surface area contributed by atoms with Crippen LogP contribution in [0.15, 0.2) is 46.2 Å². The van der Waals surface area contributed by atoms with Crippen molar-refractivity contribution in [1.82, 2.24) is 0 Å². The molecule has 0 saturated heterocycles. The molecule has 1 aliphatic carbocycles. The van der Waals surface area contributed by atoms with Crippen LogP contribution in [0, 0.1) is 0 Å². The molecular weight excluding hydrogens is 278 g/mol. The lowest BCUT2D eigenvalue weighted by molar-refractivity contribution is 0.0515. The van der Waals surface area contributed by atoms with Crippen molar-refractivity contribution >= 4 is 23.3 Å². The number of aryl methyl sites for hydroxylation is 1. The van der Waals surface area contributed by atoms with Crippen LogP contribution in [0.5, 0.6) is 0 Å². The van der Waals surface area contributed by atoms with Crippen molar-refractivity contribution in [3.05, 3.63) is 58.5 Å². The van der Waals surface area contributed by atoms with E-state index in [9.17, 15) is 4.79 Å². The Kier molecular flexibility index (Phi) is 3.56. The average molecular weight is 290 g/mol. The number of oxime groups is 1. The predicted octanol–water partition coefficient (Wildman–Crippen LogP) is 3.83. The first-order chi connectivity index (χ1) is 9.74. The van der Waals surface area contributed by atoms with E-state index in [-0.39, 0.29) is 0 Å². The minimum atomic E-state index is -0.496. The third-order valence-corrected chi connectivity index (χ3v) is 3.44. The minimum absolute atomic E-state index is 0.418. The largest absolute Gasteiger partial charge is 0.469 e. The number of nitrogens with zero attached hydrogens (tertiary/aromatic N) is 1. The van der Waals surface area contributed by atoms with Gasteiger partial charge in [0.15, 0.2) is 0 Å².